The molecule has 3 saturated carbocycles. The molecular weight excluding hydrogens is 196 g/mol. The summed E-state index contributed by atoms with van der Waals surface area (Å²) in [5.74, 6) is 3.91. The topological polar surface area (TPSA) is 38.0 Å². The highest BCUT2D eigenvalue weighted by Gasteiger charge is 2.39. The highest BCUT2D eigenvalue weighted by molar-refractivity contribution is 4.92. The van der Waals surface area contributed by atoms with E-state index in [0.717, 1.165) is 36.3 Å². The molecule has 0 saturated heterocycles. The van der Waals surface area contributed by atoms with Crippen molar-refractivity contribution in [2.75, 3.05) is 13.1 Å². The van der Waals surface area contributed by atoms with Crippen LogP contribution in [0.1, 0.15) is 44.9 Å². The van der Waals surface area contributed by atoms with Crippen molar-refractivity contribution in [1.82, 2.24) is 5.32 Å². The number of hydrogen-bond acceptors (Lipinski definition) is 2. The van der Waals surface area contributed by atoms with Crippen LogP contribution in [-0.2, 0) is 0 Å². The minimum atomic E-state index is 0.740. The molecule has 3 aliphatic carbocycles. The van der Waals surface area contributed by atoms with Crippen LogP contribution in [0.2, 0.25) is 0 Å². The summed E-state index contributed by atoms with van der Waals surface area (Å²) in [6.45, 7) is 2.16. The van der Waals surface area contributed by atoms with E-state index < -0.39 is 0 Å². The van der Waals surface area contributed by atoms with Gasteiger partial charge in [-0.3, -0.25) is 0 Å². The molecule has 3 rings (SSSR count). The standard InChI is InChI=1S/C14H26N2/c15-8-12-2-1-3-14(12)16-9-13-7-10-4-5-11(13)6-10/h10-14,16H,1-9,15H2. The predicted molar refractivity (Wildman–Crippen MR) is 67.1 cm³/mol. The maximum absolute atomic E-state index is 5.83. The van der Waals surface area contributed by atoms with Crippen LogP contribution in [0.15, 0.2) is 0 Å². The van der Waals surface area contributed by atoms with E-state index in [2.05, 4.69) is 5.32 Å². The lowest BCUT2D eigenvalue weighted by molar-refractivity contribution is 0.291. The molecule has 0 heterocycles. The first-order valence-corrected chi connectivity index (χ1v) is 7.30. The molecule has 5 atom stereocenters. The van der Waals surface area contributed by atoms with Crippen molar-refractivity contribution in [3.63, 3.8) is 0 Å². The van der Waals surface area contributed by atoms with Gasteiger partial charge in [-0.1, -0.05) is 12.8 Å². The minimum absolute atomic E-state index is 0.740. The normalized spacial score (nSPS) is 46.7. The van der Waals surface area contributed by atoms with Gasteiger partial charge in [0, 0.05) is 6.04 Å². The van der Waals surface area contributed by atoms with Gasteiger partial charge in [0.15, 0.2) is 0 Å². The Labute approximate surface area is 99.4 Å². The summed E-state index contributed by atoms with van der Waals surface area (Å²) in [6, 6.07) is 0.740. The highest BCUT2D eigenvalue weighted by Crippen LogP contribution is 2.48. The number of fused-ring (bicyclic) bond motifs is 2. The van der Waals surface area contributed by atoms with Crippen molar-refractivity contribution >= 4 is 0 Å². The second kappa shape index (κ2) is 4.66. The fourth-order valence-corrected chi connectivity index (χ4v) is 4.52. The van der Waals surface area contributed by atoms with Gasteiger partial charge in [0.05, 0.1) is 0 Å². The molecule has 3 aliphatic rings. The molecule has 2 heteroatoms. The molecule has 2 bridgehead atoms. The van der Waals surface area contributed by atoms with Crippen molar-refractivity contribution in [2.45, 2.75) is 51.0 Å². The van der Waals surface area contributed by atoms with Crippen LogP contribution < -0.4 is 11.1 Å². The monoisotopic (exact) mass is 222 g/mol. The Bertz CT molecular complexity index is 235. The number of nitrogens with one attached hydrogen (secondary N) is 1. The van der Waals surface area contributed by atoms with Gasteiger partial charge in [-0.2, -0.15) is 0 Å². The lowest BCUT2D eigenvalue weighted by Crippen LogP contribution is -2.39. The van der Waals surface area contributed by atoms with Crippen molar-refractivity contribution < 1.29 is 0 Å². The molecule has 0 aromatic rings. The predicted octanol–water partition coefficient (Wildman–Crippen LogP) is 2.14. The summed E-state index contributed by atoms with van der Waals surface area (Å²) in [6.07, 6.45) is 10.2. The lowest BCUT2D eigenvalue weighted by Gasteiger charge is -2.26. The number of nitrogens with two attached hydrogens (primary N) is 1. The van der Waals surface area contributed by atoms with Crippen LogP contribution in [0, 0.1) is 23.7 Å². The van der Waals surface area contributed by atoms with Gasteiger partial charge in [-0.15, -0.1) is 0 Å². The molecule has 0 amide bonds. The maximum Gasteiger partial charge on any atom is 0.0107 e. The van der Waals surface area contributed by atoms with E-state index in [-0.39, 0.29) is 0 Å². The summed E-state index contributed by atoms with van der Waals surface area (Å²) in [7, 11) is 0. The molecule has 0 spiro atoms. The van der Waals surface area contributed by atoms with Gasteiger partial charge in [0.25, 0.3) is 0 Å². The van der Waals surface area contributed by atoms with E-state index in [1.807, 2.05) is 0 Å². The molecule has 92 valence electrons. The molecule has 16 heavy (non-hydrogen) atoms. The zero-order valence-corrected chi connectivity index (χ0v) is 10.3. The largest absolute Gasteiger partial charge is 0.330 e. The van der Waals surface area contributed by atoms with E-state index in [1.54, 1.807) is 0 Å². The summed E-state index contributed by atoms with van der Waals surface area (Å²) < 4.78 is 0. The molecule has 0 radical (unpaired) electrons. The summed E-state index contributed by atoms with van der Waals surface area (Å²) in [5, 5.41) is 3.83. The molecule has 2 nitrogen and oxygen atoms in total. The van der Waals surface area contributed by atoms with Gasteiger partial charge in [0.1, 0.15) is 0 Å². The third-order valence-corrected chi connectivity index (χ3v) is 5.49. The van der Waals surface area contributed by atoms with Crippen LogP contribution in [-0.4, -0.2) is 19.1 Å². The smallest absolute Gasteiger partial charge is 0.0107 e. The Balaban J connectivity index is 1.46. The second-order valence-corrected chi connectivity index (χ2v) is 6.38. The van der Waals surface area contributed by atoms with Crippen LogP contribution in [0.5, 0.6) is 0 Å². The number of rotatable bonds is 4. The fraction of sp³-hybridized carbons (Fsp3) is 1.00. The Morgan fingerprint density at radius 2 is 1.94 bits per heavy atom. The van der Waals surface area contributed by atoms with Crippen molar-refractivity contribution in [1.29, 1.82) is 0 Å². The molecule has 3 N–H and O–H groups in total. The Morgan fingerprint density at radius 1 is 1.00 bits per heavy atom. The van der Waals surface area contributed by atoms with Gasteiger partial charge in [-0.25, -0.2) is 0 Å². The highest BCUT2D eigenvalue weighted by atomic mass is 14.9. The second-order valence-electron chi connectivity index (χ2n) is 6.38. The van der Waals surface area contributed by atoms with Crippen LogP contribution in [0.3, 0.4) is 0 Å². The molecular formula is C14H26N2. The van der Waals surface area contributed by atoms with Crippen LogP contribution in [0.4, 0.5) is 0 Å². The molecule has 0 aliphatic heterocycles. The van der Waals surface area contributed by atoms with Gasteiger partial charge in [0.2, 0.25) is 0 Å². The quantitative estimate of drug-likeness (QED) is 0.765. The first-order chi connectivity index (χ1) is 7.86. The molecule has 0 aromatic heterocycles. The number of hydrogen-bond donors (Lipinski definition) is 2. The van der Waals surface area contributed by atoms with E-state index in [4.69, 9.17) is 5.73 Å². The minimum Gasteiger partial charge on any atom is -0.330 e. The summed E-state index contributed by atoms with van der Waals surface area (Å²) >= 11 is 0. The lowest BCUT2D eigenvalue weighted by atomic mass is 9.88. The van der Waals surface area contributed by atoms with Gasteiger partial charge < -0.3 is 11.1 Å². The van der Waals surface area contributed by atoms with Crippen LogP contribution in [0.25, 0.3) is 0 Å². The Morgan fingerprint density at radius 3 is 2.62 bits per heavy atom. The summed E-state index contributed by atoms with van der Waals surface area (Å²) in [5.41, 5.74) is 5.83. The van der Waals surface area contributed by atoms with Gasteiger partial charge in [-0.05, 0) is 68.9 Å². The van der Waals surface area contributed by atoms with Crippen LogP contribution >= 0.6 is 0 Å². The van der Waals surface area contributed by atoms with E-state index in [9.17, 15) is 0 Å². The Kier molecular flexibility index (Phi) is 3.21. The van der Waals surface area contributed by atoms with Crippen molar-refractivity contribution in [2.24, 2.45) is 29.4 Å². The van der Waals surface area contributed by atoms with Gasteiger partial charge >= 0.3 is 0 Å². The SMILES string of the molecule is NCC1CCCC1NCC1CC2CCC1C2. The maximum atomic E-state index is 5.83. The van der Waals surface area contributed by atoms with Crippen molar-refractivity contribution in [3.8, 4) is 0 Å². The zero-order valence-electron chi connectivity index (χ0n) is 10.3. The molecule has 3 fully saturated rings. The Hall–Kier alpha value is -0.0800. The molecule has 0 aromatic carbocycles. The van der Waals surface area contributed by atoms with E-state index in [1.165, 1.54) is 51.5 Å². The zero-order chi connectivity index (χ0) is 11.0. The first-order valence-electron chi connectivity index (χ1n) is 7.30. The van der Waals surface area contributed by atoms with Crippen molar-refractivity contribution in [3.05, 3.63) is 0 Å². The first kappa shape index (κ1) is 11.0. The summed E-state index contributed by atoms with van der Waals surface area (Å²) in [4.78, 5) is 0. The van der Waals surface area contributed by atoms with E-state index in [0.29, 0.717) is 0 Å². The average molecular weight is 222 g/mol. The van der Waals surface area contributed by atoms with E-state index >= 15 is 0 Å². The molecule has 5 unspecified atom stereocenters. The average Bonchev–Trinajstić information content (AvgIpc) is 3.01. The third kappa shape index (κ3) is 2.02. The third-order valence-electron chi connectivity index (χ3n) is 5.49. The fourth-order valence-electron chi connectivity index (χ4n) is 4.52.